The third-order valence-electron chi connectivity index (χ3n) is 4.28. The molecule has 0 atom stereocenters. The lowest BCUT2D eigenvalue weighted by molar-refractivity contribution is -0.384. The average molecular weight is 375 g/mol. The summed E-state index contributed by atoms with van der Waals surface area (Å²) in [6.07, 6.45) is 1.24. The molecule has 0 saturated heterocycles. The molecule has 0 amide bonds. The number of carbonyl (C=O) groups excluding carboxylic acids is 1. The van der Waals surface area contributed by atoms with Crippen LogP contribution in [0.15, 0.2) is 65.4 Å². The van der Waals surface area contributed by atoms with Crippen molar-refractivity contribution >= 4 is 11.5 Å². The summed E-state index contributed by atoms with van der Waals surface area (Å²) >= 11 is 0. The predicted octanol–water partition coefficient (Wildman–Crippen LogP) is 3.37. The van der Waals surface area contributed by atoms with Crippen molar-refractivity contribution in [3.63, 3.8) is 0 Å². The smallest absolute Gasteiger partial charge is 0.269 e. The van der Waals surface area contributed by atoms with Crippen molar-refractivity contribution in [2.24, 2.45) is 0 Å². The van der Waals surface area contributed by atoms with Crippen molar-refractivity contribution in [2.75, 3.05) is 0 Å². The van der Waals surface area contributed by atoms with Gasteiger partial charge in [0.1, 0.15) is 12.0 Å². The number of hydrogen-bond acceptors (Lipinski definition) is 7. The van der Waals surface area contributed by atoms with E-state index in [4.69, 9.17) is 4.52 Å². The zero-order chi connectivity index (χ0) is 19.7. The first kappa shape index (κ1) is 17.3. The number of nitrogens with zero attached hydrogens (tertiary/aromatic N) is 5. The Morgan fingerprint density at radius 2 is 1.82 bits per heavy atom. The Morgan fingerprint density at radius 1 is 1.11 bits per heavy atom. The lowest BCUT2D eigenvalue weighted by atomic mass is 10.0. The van der Waals surface area contributed by atoms with Crippen molar-refractivity contribution in [1.82, 2.24) is 20.2 Å². The Labute approximate surface area is 158 Å². The fraction of sp³-hybridized carbons (Fsp3) is 0.0526. The molecule has 0 N–H and O–H groups in total. The highest BCUT2D eigenvalue weighted by molar-refractivity contribution is 6.11. The molecule has 0 unspecified atom stereocenters. The van der Waals surface area contributed by atoms with Gasteiger partial charge in [-0.15, -0.1) is 5.10 Å². The molecule has 4 aromatic rings. The highest BCUT2D eigenvalue weighted by Gasteiger charge is 2.25. The quantitative estimate of drug-likeness (QED) is 0.298. The molecule has 0 bridgehead atoms. The fourth-order valence-electron chi connectivity index (χ4n) is 2.83. The molecule has 0 aliphatic carbocycles. The van der Waals surface area contributed by atoms with Crippen LogP contribution < -0.4 is 0 Å². The number of ketones is 1. The molecule has 2 heterocycles. The summed E-state index contributed by atoms with van der Waals surface area (Å²) in [4.78, 5) is 23.3. The standard InChI is InChI=1S/C19H13N5O4/c1-12-17(20-22-23(12)14-5-3-2-4-6-14)19(25)16-11-28-21-18(16)13-7-9-15(10-8-13)24(26)27/h2-11H,1H3. The van der Waals surface area contributed by atoms with Gasteiger partial charge in [-0.1, -0.05) is 28.6 Å². The minimum Gasteiger partial charge on any atom is -0.363 e. The Kier molecular flexibility index (Phi) is 4.24. The van der Waals surface area contributed by atoms with Gasteiger partial charge in [-0.3, -0.25) is 14.9 Å². The maximum atomic E-state index is 13.0. The van der Waals surface area contributed by atoms with Crippen LogP contribution in [-0.2, 0) is 0 Å². The van der Waals surface area contributed by atoms with Gasteiger partial charge in [-0.05, 0) is 31.2 Å². The van der Waals surface area contributed by atoms with Crippen molar-refractivity contribution < 1.29 is 14.2 Å². The van der Waals surface area contributed by atoms with E-state index < -0.39 is 10.7 Å². The normalized spacial score (nSPS) is 10.8. The van der Waals surface area contributed by atoms with Gasteiger partial charge in [0.2, 0.25) is 5.78 Å². The molecular formula is C19H13N5O4. The number of rotatable bonds is 5. The van der Waals surface area contributed by atoms with Gasteiger partial charge >= 0.3 is 0 Å². The zero-order valence-corrected chi connectivity index (χ0v) is 14.6. The Balaban J connectivity index is 1.70. The summed E-state index contributed by atoms with van der Waals surface area (Å²) < 4.78 is 6.57. The van der Waals surface area contributed by atoms with Gasteiger partial charge in [0.05, 0.1) is 21.9 Å². The molecule has 0 spiro atoms. The van der Waals surface area contributed by atoms with E-state index >= 15 is 0 Å². The molecular weight excluding hydrogens is 362 g/mol. The van der Waals surface area contributed by atoms with Crippen molar-refractivity contribution in [3.05, 3.63) is 87.9 Å². The molecule has 9 heteroatoms. The topological polar surface area (TPSA) is 117 Å². The average Bonchev–Trinajstić information content (AvgIpc) is 3.35. The largest absolute Gasteiger partial charge is 0.363 e. The predicted molar refractivity (Wildman–Crippen MR) is 98.1 cm³/mol. The molecule has 0 aliphatic heterocycles. The van der Waals surface area contributed by atoms with E-state index in [1.807, 2.05) is 30.3 Å². The third kappa shape index (κ3) is 2.94. The van der Waals surface area contributed by atoms with E-state index in [-0.39, 0.29) is 22.6 Å². The first-order valence-corrected chi connectivity index (χ1v) is 8.28. The molecule has 0 saturated carbocycles. The Hall–Kier alpha value is -4.14. The van der Waals surface area contributed by atoms with Crippen LogP contribution in [0.5, 0.6) is 0 Å². The third-order valence-corrected chi connectivity index (χ3v) is 4.28. The van der Waals surface area contributed by atoms with Gasteiger partial charge < -0.3 is 4.52 Å². The van der Waals surface area contributed by atoms with Crippen molar-refractivity contribution in [3.8, 4) is 16.9 Å². The number of non-ortho nitro benzene ring substituents is 1. The van der Waals surface area contributed by atoms with E-state index in [0.717, 1.165) is 5.69 Å². The second-order valence-electron chi connectivity index (χ2n) is 5.98. The summed E-state index contributed by atoms with van der Waals surface area (Å²) in [5.41, 5.74) is 2.50. The van der Waals surface area contributed by atoms with Crippen LogP contribution in [0.2, 0.25) is 0 Å². The molecule has 28 heavy (non-hydrogen) atoms. The number of aromatic nitrogens is 4. The van der Waals surface area contributed by atoms with Crippen molar-refractivity contribution in [1.29, 1.82) is 0 Å². The van der Waals surface area contributed by atoms with Gasteiger partial charge in [0.25, 0.3) is 5.69 Å². The van der Waals surface area contributed by atoms with Gasteiger partial charge in [0.15, 0.2) is 5.69 Å². The van der Waals surface area contributed by atoms with Gasteiger partial charge in [-0.2, -0.15) is 0 Å². The number of hydrogen-bond donors (Lipinski definition) is 0. The second kappa shape index (κ2) is 6.88. The number of para-hydroxylation sites is 1. The summed E-state index contributed by atoms with van der Waals surface area (Å²) in [6.45, 7) is 1.75. The number of benzene rings is 2. The van der Waals surface area contributed by atoms with E-state index in [1.54, 1.807) is 11.6 Å². The monoisotopic (exact) mass is 375 g/mol. The zero-order valence-electron chi connectivity index (χ0n) is 14.6. The van der Waals surface area contributed by atoms with Crippen LogP contribution in [0, 0.1) is 17.0 Å². The highest BCUT2D eigenvalue weighted by atomic mass is 16.6. The van der Waals surface area contributed by atoms with Crippen LogP contribution in [0.4, 0.5) is 5.69 Å². The molecule has 2 aromatic heterocycles. The van der Waals surface area contributed by atoms with Crippen molar-refractivity contribution in [2.45, 2.75) is 6.92 Å². The maximum absolute atomic E-state index is 13.0. The summed E-state index contributed by atoms with van der Waals surface area (Å²) in [5, 5.41) is 22.8. The van der Waals surface area contributed by atoms with Crippen LogP contribution in [-0.4, -0.2) is 30.9 Å². The lowest BCUT2D eigenvalue weighted by Gasteiger charge is -2.03. The number of nitro benzene ring substituents is 1. The minimum atomic E-state index is -0.496. The molecule has 138 valence electrons. The Bertz CT molecular complexity index is 1160. The number of carbonyl (C=O) groups is 1. The molecule has 4 rings (SSSR count). The van der Waals surface area contributed by atoms with Gasteiger partial charge in [0, 0.05) is 17.7 Å². The fourth-order valence-corrected chi connectivity index (χ4v) is 2.83. The molecule has 9 nitrogen and oxygen atoms in total. The van der Waals surface area contributed by atoms with Crippen LogP contribution in [0.25, 0.3) is 16.9 Å². The summed E-state index contributed by atoms with van der Waals surface area (Å²) in [7, 11) is 0. The first-order chi connectivity index (χ1) is 13.6. The van der Waals surface area contributed by atoms with E-state index in [2.05, 4.69) is 15.5 Å². The van der Waals surface area contributed by atoms with Crippen LogP contribution >= 0.6 is 0 Å². The minimum absolute atomic E-state index is 0.0539. The number of nitro groups is 1. The van der Waals surface area contributed by atoms with Crippen LogP contribution in [0.1, 0.15) is 21.7 Å². The molecule has 0 radical (unpaired) electrons. The molecule has 0 aliphatic rings. The van der Waals surface area contributed by atoms with Gasteiger partial charge in [-0.25, -0.2) is 4.68 Å². The Morgan fingerprint density at radius 3 is 2.50 bits per heavy atom. The van der Waals surface area contributed by atoms with Crippen LogP contribution in [0.3, 0.4) is 0 Å². The van der Waals surface area contributed by atoms with E-state index in [1.165, 1.54) is 30.5 Å². The van der Waals surface area contributed by atoms with E-state index in [0.29, 0.717) is 11.3 Å². The maximum Gasteiger partial charge on any atom is 0.269 e. The second-order valence-corrected chi connectivity index (χ2v) is 5.98. The van der Waals surface area contributed by atoms with E-state index in [9.17, 15) is 14.9 Å². The lowest BCUT2D eigenvalue weighted by Crippen LogP contribution is -2.06. The molecule has 2 aromatic carbocycles. The summed E-state index contributed by atoms with van der Waals surface area (Å²) in [5.74, 6) is -0.394. The summed E-state index contributed by atoms with van der Waals surface area (Å²) in [6, 6.07) is 15.0. The first-order valence-electron chi connectivity index (χ1n) is 8.28. The molecule has 0 fully saturated rings. The highest BCUT2D eigenvalue weighted by Crippen LogP contribution is 2.27. The SMILES string of the molecule is Cc1c(C(=O)c2conc2-c2ccc([N+](=O)[O-])cc2)nnn1-c1ccccc1.